The van der Waals surface area contributed by atoms with E-state index in [4.69, 9.17) is 0 Å². The van der Waals surface area contributed by atoms with Crippen LogP contribution in [-0.4, -0.2) is 11.7 Å². The average Bonchev–Trinajstić information content (AvgIpc) is 2.76. The van der Waals surface area contributed by atoms with Gasteiger partial charge in [0.05, 0.1) is 0 Å². The van der Waals surface area contributed by atoms with Gasteiger partial charge in [-0.3, -0.25) is 0 Å². The van der Waals surface area contributed by atoms with Gasteiger partial charge in [0.25, 0.3) is 0 Å². The van der Waals surface area contributed by atoms with Crippen LogP contribution in [0.5, 0.6) is 5.75 Å². The standard InChI is InChI=1S/C13H18FNO/c14-12-5-6-13(16)11(7-12)9-15-8-10-3-1-2-4-10/h5-7,10,15-16H,1-4,8-9H2. The molecule has 3 heteroatoms. The van der Waals surface area contributed by atoms with E-state index in [0.717, 1.165) is 12.5 Å². The summed E-state index contributed by atoms with van der Waals surface area (Å²) in [6.07, 6.45) is 5.25. The van der Waals surface area contributed by atoms with Crippen molar-refractivity contribution in [3.63, 3.8) is 0 Å². The highest BCUT2D eigenvalue weighted by molar-refractivity contribution is 5.32. The number of benzene rings is 1. The fourth-order valence-electron chi connectivity index (χ4n) is 2.32. The molecule has 0 saturated heterocycles. The smallest absolute Gasteiger partial charge is 0.123 e. The summed E-state index contributed by atoms with van der Waals surface area (Å²) in [6, 6.07) is 4.06. The van der Waals surface area contributed by atoms with Gasteiger partial charge in [0.15, 0.2) is 0 Å². The van der Waals surface area contributed by atoms with Gasteiger partial charge >= 0.3 is 0 Å². The van der Waals surface area contributed by atoms with Crippen molar-refractivity contribution in [3.8, 4) is 5.75 Å². The topological polar surface area (TPSA) is 32.3 Å². The summed E-state index contributed by atoms with van der Waals surface area (Å²) in [4.78, 5) is 0. The molecule has 2 nitrogen and oxygen atoms in total. The van der Waals surface area contributed by atoms with E-state index in [-0.39, 0.29) is 11.6 Å². The molecule has 1 aromatic carbocycles. The van der Waals surface area contributed by atoms with E-state index >= 15 is 0 Å². The molecular weight excluding hydrogens is 205 g/mol. The Labute approximate surface area is 95.5 Å². The Hall–Kier alpha value is -1.09. The summed E-state index contributed by atoms with van der Waals surface area (Å²) < 4.78 is 12.9. The number of rotatable bonds is 4. The molecule has 0 radical (unpaired) electrons. The lowest BCUT2D eigenvalue weighted by Crippen LogP contribution is -2.20. The van der Waals surface area contributed by atoms with E-state index in [1.165, 1.54) is 43.9 Å². The van der Waals surface area contributed by atoms with Crippen LogP contribution < -0.4 is 5.32 Å². The first kappa shape index (κ1) is 11.4. The van der Waals surface area contributed by atoms with Crippen molar-refractivity contribution >= 4 is 0 Å². The van der Waals surface area contributed by atoms with Gasteiger partial charge in [-0.05, 0) is 43.5 Å². The van der Waals surface area contributed by atoms with Gasteiger partial charge in [-0.1, -0.05) is 12.8 Å². The summed E-state index contributed by atoms with van der Waals surface area (Å²) in [5.74, 6) is 0.631. The van der Waals surface area contributed by atoms with Crippen molar-refractivity contribution in [2.75, 3.05) is 6.54 Å². The van der Waals surface area contributed by atoms with E-state index in [9.17, 15) is 9.50 Å². The van der Waals surface area contributed by atoms with Crippen LogP contribution in [0.3, 0.4) is 0 Å². The molecule has 1 aliphatic rings. The van der Waals surface area contributed by atoms with Gasteiger partial charge in [-0.2, -0.15) is 0 Å². The average molecular weight is 223 g/mol. The minimum absolute atomic E-state index is 0.167. The molecule has 0 aromatic heterocycles. The predicted octanol–water partition coefficient (Wildman–Crippen LogP) is 2.81. The van der Waals surface area contributed by atoms with Crippen LogP contribution >= 0.6 is 0 Å². The van der Waals surface area contributed by atoms with E-state index in [1.807, 2.05) is 0 Å². The van der Waals surface area contributed by atoms with Gasteiger partial charge in [-0.15, -0.1) is 0 Å². The van der Waals surface area contributed by atoms with E-state index < -0.39 is 0 Å². The minimum Gasteiger partial charge on any atom is -0.508 e. The van der Waals surface area contributed by atoms with Gasteiger partial charge in [-0.25, -0.2) is 4.39 Å². The molecule has 0 amide bonds. The van der Waals surface area contributed by atoms with E-state index in [1.54, 1.807) is 0 Å². The van der Waals surface area contributed by atoms with E-state index in [2.05, 4.69) is 5.32 Å². The van der Waals surface area contributed by atoms with Gasteiger partial charge in [0, 0.05) is 12.1 Å². The fourth-order valence-corrected chi connectivity index (χ4v) is 2.32. The monoisotopic (exact) mass is 223 g/mol. The Morgan fingerprint density at radius 3 is 2.81 bits per heavy atom. The highest BCUT2D eigenvalue weighted by atomic mass is 19.1. The van der Waals surface area contributed by atoms with Crippen LogP contribution in [0.25, 0.3) is 0 Å². The molecule has 88 valence electrons. The van der Waals surface area contributed by atoms with Crippen LogP contribution in [-0.2, 0) is 6.54 Å². The molecule has 1 aliphatic carbocycles. The lowest BCUT2D eigenvalue weighted by molar-refractivity contribution is 0.451. The molecule has 1 fully saturated rings. The lowest BCUT2D eigenvalue weighted by Gasteiger charge is -2.11. The molecule has 0 aliphatic heterocycles. The van der Waals surface area contributed by atoms with Crippen LogP contribution in [0.2, 0.25) is 0 Å². The Morgan fingerprint density at radius 2 is 2.06 bits per heavy atom. The van der Waals surface area contributed by atoms with Gasteiger partial charge in [0.2, 0.25) is 0 Å². The molecule has 0 atom stereocenters. The van der Waals surface area contributed by atoms with Crippen molar-refractivity contribution in [1.82, 2.24) is 5.32 Å². The Balaban J connectivity index is 1.82. The fraction of sp³-hybridized carbons (Fsp3) is 0.538. The normalized spacial score (nSPS) is 16.8. The molecule has 16 heavy (non-hydrogen) atoms. The maximum Gasteiger partial charge on any atom is 0.123 e. The second-order valence-corrected chi connectivity index (χ2v) is 4.55. The van der Waals surface area contributed by atoms with Crippen LogP contribution in [0.1, 0.15) is 31.2 Å². The largest absolute Gasteiger partial charge is 0.508 e. The zero-order valence-corrected chi connectivity index (χ0v) is 9.38. The van der Waals surface area contributed by atoms with Crippen molar-refractivity contribution in [2.45, 2.75) is 32.2 Å². The highest BCUT2D eigenvalue weighted by Crippen LogP contribution is 2.24. The third kappa shape index (κ3) is 2.95. The zero-order valence-electron chi connectivity index (χ0n) is 9.38. The Morgan fingerprint density at radius 1 is 1.31 bits per heavy atom. The number of phenols is 1. The van der Waals surface area contributed by atoms with Crippen molar-refractivity contribution in [3.05, 3.63) is 29.6 Å². The third-order valence-electron chi connectivity index (χ3n) is 3.26. The predicted molar refractivity (Wildman–Crippen MR) is 61.7 cm³/mol. The molecule has 0 bridgehead atoms. The summed E-state index contributed by atoms with van der Waals surface area (Å²) in [5, 5.41) is 12.8. The first-order valence-electron chi connectivity index (χ1n) is 5.94. The number of aromatic hydroxyl groups is 1. The molecule has 1 aromatic rings. The molecule has 0 unspecified atom stereocenters. The highest BCUT2D eigenvalue weighted by Gasteiger charge is 2.14. The number of nitrogens with one attached hydrogen (secondary N) is 1. The molecule has 1 saturated carbocycles. The number of phenolic OH excluding ortho intramolecular Hbond substituents is 1. The minimum atomic E-state index is -0.296. The third-order valence-corrected chi connectivity index (χ3v) is 3.26. The summed E-state index contributed by atoms with van der Waals surface area (Å²) >= 11 is 0. The molecule has 0 spiro atoms. The second-order valence-electron chi connectivity index (χ2n) is 4.55. The first-order valence-corrected chi connectivity index (χ1v) is 5.94. The molecule has 0 heterocycles. The van der Waals surface area contributed by atoms with Crippen molar-refractivity contribution in [2.24, 2.45) is 5.92 Å². The molecular formula is C13H18FNO. The maximum absolute atomic E-state index is 12.9. The van der Waals surface area contributed by atoms with Gasteiger partial charge in [0.1, 0.15) is 11.6 Å². The number of halogens is 1. The Kier molecular flexibility index (Phi) is 3.78. The van der Waals surface area contributed by atoms with Crippen LogP contribution in [0, 0.1) is 11.7 Å². The zero-order chi connectivity index (χ0) is 11.4. The Bertz CT molecular complexity index is 348. The maximum atomic E-state index is 12.9. The SMILES string of the molecule is Oc1ccc(F)cc1CNCC1CCCC1. The van der Waals surface area contributed by atoms with Crippen molar-refractivity contribution in [1.29, 1.82) is 0 Å². The quantitative estimate of drug-likeness (QED) is 0.822. The summed E-state index contributed by atoms with van der Waals surface area (Å²) in [6.45, 7) is 1.51. The van der Waals surface area contributed by atoms with Crippen LogP contribution in [0.4, 0.5) is 4.39 Å². The molecule has 2 N–H and O–H groups in total. The summed E-state index contributed by atoms with van der Waals surface area (Å²) in [5.41, 5.74) is 0.637. The second kappa shape index (κ2) is 5.30. The van der Waals surface area contributed by atoms with E-state index in [0.29, 0.717) is 12.1 Å². The summed E-state index contributed by atoms with van der Waals surface area (Å²) in [7, 11) is 0. The lowest BCUT2D eigenvalue weighted by atomic mass is 10.1. The molecule has 2 rings (SSSR count). The first-order chi connectivity index (χ1) is 7.75. The van der Waals surface area contributed by atoms with Gasteiger partial charge < -0.3 is 10.4 Å². The number of hydrogen-bond donors (Lipinski definition) is 2. The van der Waals surface area contributed by atoms with Crippen LogP contribution in [0.15, 0.2) is 18.2 Å². The van der Waals surface area contributed by atoms with Crippen molar-refractivity contribution < 1.29 is 9.50 Å². The number of hydrogen-bond acceptors (Lipinski definition) is 2.